The third-order valence-corrected chi connectivity index (χ3v) is 2.51. The Morgan fingerprint density at radius 1 is 1.32 bits per heavy atom. The molecule has 0 saturated heterocycles. The minimum absolute atomic E-state index is 0.0252. The molecule has 0 bridgehead atoms. The van der Waals surface area contributed by atoms with Gasteiger partial charge in [-0.2, -0.15) is 0 Å². The van der Waals surface area contributed by atoms with Crippen molar-refractivity contribution in [3.63, 3.8) is 0 Å². The molecule has 0 fully saturated rings. The Bertz CT molecular complexity index is 646. The average Bonchev–Trinajstić information content (AvgIpc) is 2.75. The van der Waals surface area contributed by atoms with E-state index in [2.05, 4.69) is 5.32 Å². The van der Waals surface area contributed by atoms with Crippen LogP contribution in [0.25, 0.3) is 0 Å². The van der Waals surface area contributed by atoms with Gasteiger partial charge in [0.25, 0.3) is 5.91 Å². The number of hydrogen-bond acceptors (Lipinski definition) is 4. The van der Waals surface area contributed by atoms with Gasteiger partial charge in [0.1, 0.15) is 12.0 Å². The largest absolute Gasteiger partial charge is 0.478 e. The average molecular weight is 260 g/mol. The van der Waals surface area contributed by atoms with Gasteiger partial charge >= 0.3 is 5.97 Å². The standard InChI is InChI=1S/C13H12N2O4/c1-7-4-8(6-19-7)12(16)15-11-5-9(14)2-3-10(11)13(17)18/h2-6H,14H2,1H3,(H,15,16)(H,17,18). The molecule has 19 heavy (non-hydrogen) atoms. The number of carbonyl (C=O) groups is 2. The van der Waals surface area contributed by atoms with E-state index >= 15 is 0 Å². The van der Waals surface area contributed by atoms with Crippen molar-refractivity contribution in [1.82, 2.24) is 0 Å². The van der Waals surface area contributed by atoms with Crippen LogP contribution in [0.15, 0.2) is 34.9 Å². The molecule has 2 rings (SSSR count). The van der Waals surface area contributed by atoms with Crippen LogP contribution in [0, 0.1) is 6.92 Å². The highest BCUT2D eigenvalue weighted by Crippen LogP contribution is 2.20. The van der Waals surface area contributed by atoms with Crippen molar-refractivity contribution < 1.29 is 19.1 Å². The van der Waals surface area contributed by atoms with Gasteiger partial charge in [-0.15, -0.1) is 0 Å². The molecule has 0 aliphatic rings. The minimum Gasteiger partial charge on any atom is -0.478 e. The van der Waals surface area contributed by atoms with Gasteiger partial charge in [-0.25, -0.2) is 4.79 Å². The topological polar surface area (TPSA) is 106 Å². The summed E-state index contributed by atoms with van der Waals surface area (Å²) in [5.41, 5.74) is 6.39. The Hall–Kier alpha value is -2.76. The number of amides is 1. The third kappa shape index (κ3) is 2.74. The second-order valence-electron chi connectivity index (χ2n) is 4.01. The molecule has 1 heterocycles. The summed E-state index contributed by atoms with van der Waals surface area (Å²) in [5.74, 6) is -1.00. The van der Waals surface area contributed by atoms with Crippen LogP contribution in [0.5, 0.6) is 0 Å². The van der Waals surface area contributed by atoms with E-state index in [9.17, 15) is 9.59 Å². The van der Waals surface area contributed by atoms with E-state index < -0.39 is 11.9 Å². The second kappa shape index (κ2) is 4.85. The highest BCUT2D eigenvalue weighted by molar-refractivity contribution is 6.08. The van der Waals surface area contributed by atoms with E-state index in [1.165, 1.54) is 24.5 Å². The predicted molar refractivity (Wildman–Crippen MR) is 69.2 cm³/mol. The highest BCUT2D eigenvalue weighted by Gasteiger charge is 2.15. The van der Waals surface area contributed by atoms with Gasteiger partial charge in [-0.1, -0.05) is 0 Å². The number of anilines is 2. The molecular formula is C13H12N2O4. The molecule has 6 heteroatoms. The number of benzene rings is 1. The first-order chi connectivity index (χ1) is 8.97. The number of hydrogen-bond donors (Lipinski definition) is 3. The summed E-state index contributed by atoms with van der Waals surface area (Å²) in [7, 11) is 0. The van der Waals surface area contributed by atoms with E-state index in [0.29, 0.717) is 17.0 Å². The summed E-state index contributed by atoms with van der Waals surface area (Å²) in [5, 5.41) is 11.5. The normalized spacial score (nSPS) is 10.2. The van der Waals surface area contributed by atoms with Crippen molar-refractivity contribution in [1.29, 1.82) is 0 Å². The van der Waals surface area contributed by atoms with Crippen LogP contribution < -0.4 is 11.1 Å². The fourth-order valence-electron chi connectivity index (χ4n) is 1.61. The molecule has 1 amide bonds. The molecule has 1 aromatic heterocycles. The van der Waals surface area contributed by atoms with Gasteiger partial charge < -0.3 is 20.6 Å². The number of nitrogen functional groups attached to an aromatic ring is 1. The van der Waals surface area contributed by atoms with Crippen molar-refractivity contribution in [2.75, 3.05) is 11.1 Å². The van der Waals surface area contributed by atoms with Crippen LogP contribution in [0.2, 0.25) is 0 Å². The number of aryl methyl sites for hydroxylation is 1. The third-order valence-electron chi connectivity index (χ3n) is 2.51. The molecule has 0 radical (unpaired) electrons. The van der Waals surface area contributed by atoms with Gasteiger partial charge in [-0.05, 0) is 31.2 Å². The summed E-state index contributed by atoms with van der Waals surface area (Å²) >= 11 is 0. The Kier molecular flexibility index (Phi) is 3.24. The molecule has 1 aromatic carbocycles. The zero-order valence-electron chi connectivity index (χ0n) is 10.1. The zero-order valence-corrected chi connectivity index (χ0v) is 10.1. The van der Waals surface area contributed by atoms with Crippen LogP contribution in [0.4, 0.5) is 11.4 Å². The highest BCUT2D eigenvalue weighted by atomic mass is 16.4. The monoisotopic (exact) mass is 260 g/mol. The second-order valence-corrected chi connectivity index (χ2v) is 4.01. The van der Waals surface area contributed by atoms with Crippen LogP contribution in [0.1, 0.15) is 26.5 Å². The molecule has 2 aromatic rings. The van der Waals surface area contributed by atoms with E-state index in [0.717, 1.165) is 0 Å². The van der Waals surface area contributed by atoms with Crippen molar-refractivity contribution in [2.45, 2.75) is 6.92 Å². The van der Waals surface area contributed by atoms with E-state index in [4.69, 9.17) is 15.3 Å². The number of aromatic carboxylic acids is 1. The number of carboxylic acid groups (broad SMARTS) is 1. The van der Waals surface area contributed by atoms with Gasteiger partial charge in [0.05, 0.1) is 16.8 Å². The van der Waals surface area contributed by atoms with Crippen molar-refractivity contribution >= 4 is 23.3 Å². The summed E-state index contributed by atoms with van der Waals surface area (Å²) in [6.45, 7) is 1.71. The quantitative estimate of drug-likeness (QED) is 0.733. The zero-order chi connectivity index (χ0) is 14.0. The number of nitrogens with two attached hydrogens (primary N) is 1. The molecule has 6 nitrogen and oxygen atoms in total. The maximum atomic E-state index is 11.9. The van der Waals surface area contributed by atoms with Gasteiger partial charge in [-0.3, -0.25) is 4.79 Å². The maximum Gasteiger partial charge on any atom is 0.337 e. The Morgan fingerprint density at radius 2 is 2.05 bits per heavy atom. The summed E-state index contributed by atoms with van der Waals surface area (Å²) in [6, 6.07) is 5.76. The lowest BCUT2D eigenvalue weighted by Gasteiger charge is -2.08. The lowest BCUT2D eigenvalue weighted by atomic mass is 10.1. The first-order valence-electron chi connectivity index (χ1n) is 5.46. The first-order valence-corrected chi connectivity index (χ1v) is 5.46. The van der Waals surface area contributed by atoms with Crippen molar-refractivity contribution in [3.05, 3.63) is 47.4 Å². The molecule has 98 valence electrons. The predicted octanol–water partition coefficient (Wildman–Crippen LogP) is 2.12. The number of carboxylic acids is 1. The smallest absolute Gasteiger partial charge is 0.337 e. The molecule has 0 aliphatic carbocycles. The number of rotatable bonds is 3. The molecule has 0 saturated carbocycles. The van der Waals surface area contributed by atoms with Crippen molar-refractivity contribution in [3.8, 4) is 0 Å². The van der Waals surface area contributed by atoms with Crippen LogP contribution >= 0.6 is 0 Å². The lowest BCUT2D eigenvalue weighted by molar-refractivity contribution is 0.0698. The SMILES string of the molecule is Cc1cc(C(=O)Nc2cc(N)ccc2C(=O)O)co1. The van der Waals surface area contributed by atoms with Crippen LogP contribution in [-0.2, 0) is 0 Å². The van der Waals surface area contributed by atoms with E-state index in [1.54, 1.807) is 13.0 Å². The molecular weight excluding hydrogens is 248 g/mol. The number of furan rings is 1. The van der Waals surface area contributed by atoms with Gasteiger partial charge in [0.15, 0.2) is 0 Å². The Labute approximate surface area is 108 Å². The molecule has 0 unspecified atom stereocenters. The minimum atomic E-state index is -1.14. The van der Waals surface area contributed by atoms with Crippen molar-refractivity contribution in [2.24, 2.45) is 0 Å². The van der Waals surface area contributed by atoms with Crippen LogP contribution in [-0.4, -0.2) is 17.0 Å². The number of nitrogens with one attached hydrogen (secondary N) is 1. The first kappa shape index (κ1) is 12.7. The molecule has 0 atom stereocenters. The fraction of sp³-hybridized carbons (Fsp3) is 0.0769. The summed E-state index contributed by atoms with van der Waals surface area (Å²) in [4.78, 5) is 23.0. The molecule has 0 aliphatic heterocycles. The molecule has 4 N–H and O–H groups in total. The lowest BCUT2D eigenvalue weighted by Crippen LogP contribution is -2.14. The number of carbonyl (C=O) groups excluding carboxylic acids is 1. The molecule has 0 spiro atoms. The Balaban J connectivity index is 2.30. The summed E-state index contributed by atoms with van der Waals surface area (Å²) < 4.78 is 5.02. The van der Waals surface area contributed by atoms with Gasteiger partial charge in [0, 0.05) is 5.69 Å². The maximum absolute atomic E-state index is 11.9. The Morgan fingerprint density at radius 3 is 2.63 bits per heavy atom. The summed E-state index contributed by atoms with van der Waals surface area (Å²) in [6.07, 6.45) is 1.30. The van der Waals surface area contributed by atoms with E-state index in [-0.39, 0.29) is 11.3 Å². The van der Waals surface area contributed by atoms with E-state index in [1.807, 2.05) is 0 Å². The fourth-order valence-corrected chi connectivity index (χ4v) is 1.61. The van der Waals surface area contributed by atoms with Crippen LogP contribution in [0.3, 0.4) is 0 Å². The van der Waals surface area contributed by atoms with Gasteiger partial charge in [0.2, 0.25) is 0 Å².